The second-order valence-corrected chi connectivity index (χ2v) is 6.30. The van der Waals surface area contributed by atoms with Crippen molar-refractivity contribution in [1.29, 1.82) is 0 Å². The number of hydrogen-bond donors (Lipinski definition) is 1. The summed E-state index contributed by atoms with van der Waals surface area (Å²) in [4.78, 5) is 14.2. The van der Waals surface area contributed by atoms with Gasteiger partial charge in [-0.15, -0.1) is 11.3 Å². The van der Waals surface area contributed by atoms with Crippen molar-refractivity contribution in [2.24, 2.45) is 0 Å². The summed E-state index contributed by atoms with van der Waals surface area (Å²) in [7, 11) is 0. The lowest BCUT2D eigenvalue weighted by Crippen LogP contribution is -2.33. The lowest BCUT2D eigenvalue weighted by molar-refractivity contribution is -0.117. The number of carbonyl (C=O) groups excluding carboxylic acids is 1. The quantitative estimate of drug-likeness (QED) is 0.650. The molecular weight excluding hydrogens is 242 g/mol. The first-order valence-corrected chi connectivity index (χ1v) is 7.61. The average molecular weight is 263 g/mol. The summed E-state index contributed by atoms with van der Waals surface area (Å²) in [6.07, 6.45) is 11.0. The molecule has 18 heavy (non-hydrogen) atoms. The largest absolute Gasteiger partial charge is 0.350 e. The molecule has 0 bridgehead atoms. The third-order valence-corrected chi connectivity index (χ3v) is 4.33. The number of carbonyl (C=O) groups is 1. The summed E-state index contributed by atoms with van der Waals surface area (Å²) >= 11 is 1.71. The third kappa shape index (κ3) is 4.30. The number of amides is 1. The number of aryl methyl sites for hydroxylation is 1. The molecule has 1 aromatic rings. The molecule has 1 aliphatic rings. The van der Waals surface area contributed by atoms with Gasteiger partial charge in [0, 0.05) is 21.9 Å². The molecule has 1 saturated carbocycles. The van der Waals surface area contributed by atoms with Crippen LogP contribution in [0.25, 0.3) is 6.08 Å². The number of nitrogens with one attached hydrogen (secondary N) is 1. The van der Waals surface area contributed by atoms with E-state index >= 15 is 0 Å². The van der Waals surface area contributed by atoms with E-state index in [2.05, 4.69) is 24.4 Å². The molecule has 1 amide bonds. The van der Waals surface area contributed by atoms with E-state index in [4.69, 9.17) is 0 Å². The predicted octanol–water partition coefficient (Wildman–Crippen LogP) is 3.91. The zero-order chi connectivity index (χ0) is 12.8. The van der Waals surface area contributed by atoms with Gasteiger partial charge in [-0.3, -0.25) is 4.79 Å². The number of thiophene rings is 1. The summed E-state index contributed by atoms with van der Waals surface area (Å²) in [5.41, 5.74) is 0. The van der Waals surface area contributed by atoms with Crippen molar-refractivity contribution in [3.8, 4) is 0 Å². The highest BCUT2D eigenvalue weighted by Crippen LogP contribution is 2.18. The Morgan fingerprint density at radius 2 is 2.00 bits per heavy atom. The summed E-state index contributed by atoms with van der Waals surface area (Å²) in [5.74, 6) is 0.0490. The van der Waals surface area contributed by atoms with Crippen LogP contribution in [-0.2, 0) is 4.79 Å². The van der Waals surface area contributed by atoms with Gasteiger partial charge in [0.1, 0.15) is 0 Å². The monoisotopic (exact) mass is 263 g/mol. The Balaban J connectivity index is 1.82. The van der Waals surface area contributed by atoms with Crippen LogP contribution >= 0.6 is 11.3 Å². The molecule has 0 atom stereocenters. The lowest BCUT2D eigenvalue weighted by atomic mass is 10.1. The first kappa shape index (κ1) is 13.3. The molecule has 1 heterocycles. The lowest BCUT2D eigenvalue weighted by Gasteiger charge is -2.14. The van der Waals surface area contributed by atoms with Gasteiger partial charge < -0.3 is 5.32 Å². The molecule has 1 aliphatic carbocycles. The van der Waals surface area contributed by atoms with Gasteiger partial charge in [0.15, 0.2) is 0 Å². The zero-order valence-electron chi connectivity index (χ0n) is 10.9. The molecule has 0 spiro atoms. The summed E-state index contributed by atoms with van der Waals surface area (Å²) in [6, 6.07) is 4.51. The fraction of sp³-hybridized carbons (Fsp3) is 0.533. The van der Waals surface area contributed by atoms with Crippen molar-refractivity contribution in [1.82, 2.24) is 5.32 Å². The van der Waals surface area contributed by atoms with Crippen LogP contribution in [0.5, 0.6) is 0 Å². The minimum Gasteiger partial charge on any atom is -0.350 e. The molecule has 0 saturated heterocycles. The molecule has 1 N–H and O–H groups in total. The standard InChI is InChI=1S/C15H21NOS/c1-12-8-9-14(18-12)10-11-15(17)16-13-6-4-2-3-5-7-13/h8-11,13H,2-7H2,1H3,(H,16,17)/b11-10+. The Morgan fingerprint density at radius 1 is 1.28 bits per heavy atom. The van der Waals surface area contributed by atoms with Gasteiger partial charge in [0.05, 0.1) is 0 Å². The Kier molecular flexibility index (Phi) is 5.00. The normalized spacial score (nSPS) is 17.8. The van der Waals surface area contributed by atoms with Gasteiger partial charge in [-0.05, 0) is 38.0 Å². The van der Waals surface area contributed by atoms with Crippen LogP contribution < -0.4 is 5.32 Å². The molecule has 0 aromatic carbocycles. The first-order chi connectivity index (χ1) is 8.74. The fourth-order valence-electron chi connectivity index (χ4n) is 2.37. The maximum Gasteiger partial charge on any atom is 0.244 e. The minimum absolute atomic E-state index is 0.0490. The van der Waals surface area contributed by atoms with Crippen molar-refractivity contribution in [3.63, 3.8) is 0 Å². The van der Waals surface area contributed by atoms with E-state index in [1.807, 2.05) is 6.08 Å². The number of hydrogen-bond acceptors (Lipinski definition) is 2. The van der Waals surface area contributed by atoms with E-state index in [0.717, 1.165) is 17.7 Å². The molecular formula is C15H21NOS. The van der Waals surface area contributed by atoms with E-state index in [0.29, 0.717) is 6.04 Å². The van der Waals surface area contributed by atoms with E-state index < -0.39 is 0 Å². The van der Waals surface area contributed by atoms with E-state index in [1.54, 1.807) is 17.4 Å². The first-order valence-electron chi connectivity index (χ1n) is 6.79. The highest BCUT2D eigenvalue weighted by molar-refractivity contribution is 7.12. The van der Waals surface area contributed by atoms with Crippen LogP contribution in [0.3, 0.4) is 0 Å². The van der Waals surface area contributed by atoms with Gasteiger partial charge in [0.2, 0.25) is 5.91 Å². The van der Waals surface area contributed by atoms with E-state index in [-0.39, 0.29) is 5.91 Å². The second-order valence-electron chi connectivity index (χ2n) is 4.98. The van der Waals surface area contributed by atoms with Crippen molar-refractivity contribution in [3.05, 3.63) is 28.0 Å². The SMILES string of the molecule is Cc1ccc(/C=C/C(=O)NC2CCCCCC2)s1. The van der Waals surface area contributed by atoms with Crippen molar-refractivity contribution in [2.75, 3.05) is 0 Å². The summed E-state index contributed by atoms with van der Waals surface area (Å²) in [5, 5.41) is 3.11. The minimum atomic E-state index is 0.0490. The maximum absolute atomic E-state index is 11.8. The topological polar surface area (TPSA) is 29.1 Å². The van der Waals surface area contributed by atoms with Crippen molar-refractivity contribution >= 4 is 23.3 Å². The molecule has 0 radical (unpaired) electrons. The van der Waals surface area contributed by atoms with Crippen molar-refractivity contribution in [2.45, 2.75) is 51.5 Å². The smallest absolute Gasteiger partial charge is 0.244 e. The molecule has 1 aromatic heterocycles. The summed E-state index contributed by atoms with van der Waals surface area (Å²) in [6.45, 7) is 2.08. The van der Waals surface area contributed by atoms with Crippen LogP contribution in [0.15, 0.2) is 18.2 Å². The van der Waals surface area contributed by atoms with Gasteiger partial charge in [-0.25, -0.2) is 0 Å². The zero-order valence-corrected chi connectivity index (χ0v) is 11.8. The van der Waals surface area contributed by atoms with Gasteiger partial charge in [0.25, 0.3) is 0 Å². The molecule has 0 unspecified atom stereocenters. The predicted molar refractivity (Wildman–Crippen MR) is 77.7 cm³/mol. The molecule has 1 fully saturated rings. The molecule has 2 nitrogen and oxygen atoms in total. The highest BCUT2D eigenvalue weighted by atomic mass is 32.1. The van der Waals surface area contributed by atoms with Crippen LogP contribution in [0.2, 0.25) is 0 Å². The van der Waals surface area contributed by atoms with Gasteiger partial charge in [-0.1, -0.05) is 25.7 Å². The van der Waals surface area contributed by atoms with Gasteiger partial charge >= 0.3 is 0 Å². The van der Waals surface area contributed by atoms with Crippen LogP contribution in [0, 0.1) is 6.92 Å². The van der Waals surface area contributed by atoms with E-state index in [1.165, 1.54) is 30.6 Å². The van der Waals surface area contributed by atoms with Crippen LogP contribution in [0.4, 0.5) is 0 Å². The Morgan fingerprint density at radius 3 is 2.61 bits per heavy atom. The van der Waals surface area contributed by atoms with Crippen LogP contribution in [-0.4, -0.2) is 11.9 Å². The Labute approximate surface area is 113 Å². The Hall–Kier alpha value is -1.09. The molecule has 98 valence electrons. The molecule has 0 aliphatic heterocycles. The third-order valence-electron chi connectivity index (χ3n) is 3.36. The molecule has 3 heteroatoms. The van der Waals surface area contributed by atoms with E-state index in [9.17, 15) is 4.79 Å². The maximum atomic E-state index is 11.8. The van der Waals surface area contributed by atoms with Crippen molar-refractivity contribution < 1.29 is 4.79 Å². The van der Waals surface area contributed by atoms with Gasteiger partial charge in [-0.2, -0.15) is 0 Å². The Bertz CT molecular complexity index is 414. The summed E-state index contributed by atoms with van der Waals surface area (Å²) < 4.78 is 0. The second kappa shape index (κ2) is 6.74. The number of rotatable bonds is 3. The van der Waals surface area contributed by atoms with Crippen LogP contribution in [0.1, 0.15) is 48.3 Å². The highest BCUT2D eigenvalue weighted by Gasteiger charge is 2.13. The average Bonchev–Trinajstić information content (AvgIpc) is 2.60. The fourth-order valence-corrected chi connectivity index (χ4v) is 3.15. The molecule has 2 rings (SSSR count).